The maximum absolute atomic E-state index is 12.1. The van der Waals surface area contributed by atoms with Crippen molar-refractivity contribution >= 4 is 5.91 Å². The van der Waals surface area contributed by atoms with Crippen molar-refractivity contribution in [2.45, 2.75) is 51.0 Å². The van der Waals surface area contributed by atoms with E-state index >= 15 is 0 Å². The van der Waals surface area contributed by atoms with Gasteiger partial charge in [0.15, 0.2) is 0 Å². The SMILES string of the molecule is CCC(C)C(N)C(=O)NCC1(c2ccccc2)CCC1. The van der Waals surface area contributed by atoms with Gasteiger partial charge in [-0.05, 0) is 24.3 Å². The minimum absolute atomic E-state index is 0.0124. The zero-order chi connectivity index (χ0) is 14.6. The van der Waals surface area contributed by atoms with Crippen LogP contribution in [0.1, 0.15) is 45.1 Å². The molecular weight excluding hydrogens is 248 g/mol. The van der Waals surface area contributed by atoms with Crippen molar-refractivity contribution < 1.29 is 4.79 Å². The Labute approximate surface area is 121 Å². The number of nitrogens with one attached hydrogen (secondary N) is 1. The molecule has 3 nitrogen and oxygen atoms in total. The van der Waals surface area contributed by atoms with Gasteiger partial charge >= 0.3 is 0 Å². The molecule has 1 aromatic carbocycles. The summed E-state index contributed by atoms with van der Waals surface area (Å²) in [5.74, 6) is 0.214. The summed E-state index contributed by atoms with van der Waals surface area (Å²) in [6.07, 6.45) is 4.46. The first-order valence-electron chi connectivity index (χ1n) is 7.68. The Kier molecular flexibility index (Phi) is 4.81. The molecule has 110 valence electrons. The maximum Gasteiger partial charge on any atom is 0.237 e. The Hall–Kier alpha value is -1.35. The molecule has 1 saturated carbocycles. The van der Waals surface area contributed by atoms with Crippen LogP contribution in [0.5, 0.6) is 0 Å². The van der Waals surface area contributed by atoms with Crippen molar-refractivity contribution in [3.05, 3.63) is 35.9 Å². The van der Waals surface area contributed by atoms with Gasteiger partial charge < -0.3 is 11.1 Å². The number of amides is 1. The minimum Gasteiger partial charge on any atom is -0.354 e. The molecule has 1 aliphatic rings. The van der Waals surface area contributed by atoms with E-state index in [0.717, 1.165) is 19.3 Å². The van der Waals surface area contributed by atoms with Crippen LogP contribution in [0.25, 0.3) is 0 Å². The zero-order valence-electron chi connectivity index (χ0n) is 12.6. The van der Waals surface area contributed by atoms with Crippen LogP contribution in [0.3, 0.4) is 0 Å². The zero-order valence-corrected chi connectivity index (χ0v) is 12.6. The van der Waals surface area contributed by atoms with Crippen LogP contribution in [0.2, 0.25) is 0 Å². The largest absolute Gasteiger partial charge is 0.354 e. The van der Waals surface area contributed by atoms with Gasteiger partial charge in [0.05, 0.1) is 6.04 Å². The number of carbonyl (C=O) groups excluding carboxylic acids is 1. The lowest BCUT2D eigenvalue weighted by molar-refractivity contribution is -0.123. The summed E-state index contributed by atoms with van der Waals surface area (Å²) < 4.78 is 0. The van der Waals surface area contributed by atoms with Crippen LogP contribution in [0.15, 0.2) is 30.3 Å². The van der Waals surface area contributed by atoms with E-state index in [1.54, 1.807) is 0 Å². The molecule has 2 unspecified atom stereocenters. The molecular formula is C17H26N2O. The van der Waals surface area contributed by atoms with Gasteiger partial charge in [-0.1, -0.05) is 57.0 Å². The van der Waals surface area contributed by atoms with E-state index in [-0.39, 0.29) is 17.2 Å². The second-order valence-electron chi connectivity index (χ2n) is 6.13. The fraction of sp³-hybridized carbons (Fsp3) is 0.588. The third kappa shape index (κ3) is 3.04. The van der Waals surface area contributed by atoms with Crippen LogP contribution in [0, 0.1) is 5.92 Å². The Morgan fingerprint density at radius 3 is 2.50 bits per heavy atom. The minimum atomic E-state index is -0.395. The van der Waals surface area contributed by atoms with Gasteiger partial charge in [0, 0.05) is 12.0 Å². The fourth-order valence-corrected chi connectivity index (χ4v) is 2.85. The first kappa shape index (κ1) is 15.0. The normalized spacial score (nSPS) is 19.8. The fourth-order valence-electron chi connectivity index (χ4n) is 2.85. The second kappa shape index (κ2) is 6.40. The van der Waals surface area contributed by atoms with Crippen molar-refractivity contribution in [2.75, 3.05) is 6.54 Å². The lowest BCUT2D eigenvalue weighted by Gasteiger charge is -2.43. The van der Waals surface area contributed by atoms with E-state index in [1.807, 2.05) is 13.0 Å². The quantitative estimate of drug-likeness (QED) is 0.837. The van der Waals surface area contributed by atoms with Gasteiger partial charge in [-0.15, -0.1) is 0 Å². The Balaban J connectivity index is 1.97. The molecule has 1 amide bonds. The summed E-state index contributed by atoms with van der Waals surface area (Å²) >= 11 is 0. The molecule has 0 heterocycles. The van der Waals surface area contributed by atoms with Crippen LogP contribution in [-0.4, -0.2) is 18.5 Å². The molecule has 0 radical (unpaired) electrons. The van der Waals surface area contributed by atoms with Crippen molar-refractivity contribution in [2.24, 2.45) is 11.7 Å². The van der Waals surface area contributed by atoms with Crippen molar-refractivity contribution in [1.29, 1.82) is 0 Å². The Morgan fingerprint density at radius 2 is 2.00 bits per heavy atom. The average molecular weight is 274 g/mol. The second-order valence-corrected chi connectivity index (χ2v) is 6.13. The smallest absolute Gasteiger partial charge is 0.237 e. The molecule has 2 rings (SSSR count). The third-order valence-electron chi connectivity index (χ3n) is 4.86. The molecule has 0 aromatic heterocycles. The summed E-state index contributed by atoms with van der Waals surface area (Å²) in [4.78, 5) is 12.1. The van der Waals surface area contributed by atoms with Crippen LogP contribution in [0.4, 0.5) is 0 Å². The van der Waals surface area contributed by atoms with E-state index < -0.39 is 6.04 Å². The van der Waals surface area contributed by atoms with E-state index in [1.165, 1.54) is 12.0 Å². The molecule has 20 heavy (non-hydrogen) atoms. The molecule has 3 heteroatoms. The van der Waals surface area contributed by atoms with Gasteiger partial charge in [-0.25, -0.2) is 0 Å². The maximum atomic E-state index is 12.1. The molecule has 1 aromatic rings. The number of benzene rings is 1. The van der Waals surface area contributed by atoms with E-state index in [0.29, 0.717) is 6.54 Å². The molecule has 0 bridgehead atoms. The molecule has 2 atom stereocenters. The highest BCUT2D eigenvalue weighted by molar-refractivity contribution is 5.81. The van der Waals surface area contributed by atoms with Crippen molar-refractivity contribution in [3.63, 3.8) is 0 Å². The van der Waals surface area contributed by atoms with E-state index in [4.69, 9.17) is 5.73 Å². The Morgan fingerprint density at radius 1 is 1.35 bits per heavy atom. The lowest BCUT2D eigenvalue weighted by atomic mass is 9.64. The highest BCUT2D eigenvalue weighted by Crippen LogP contribution is 2.43. The monoisotopic (exact) mass is 274 g/mol. The molecule has 1 fully saturated rings. The highest BCUT2D eigenvalue weighted by atomic mass is 16.2. The molecule has 0 spiro atoms. The van der Waals surface area contributed by atoms with Gasteiger partial charge in [0.2, 0.25) is 5.91 Å². The summed E-state index contributed by atoms with van der Waals surface area (Å²) in [6.45, 7) is 4.80. The van der Waals surface area contributed by atoms with Crippen molar-refractivity contribution in [3.8, 4) is 0 Å². The third-order valence-corrected chi connectivity index (χ3v) is 4.86. The predicted molar refractivity (Wildman–Crippen MR) is 82.4 cm³/mol. The van der Waals surface area contributed by atoms with Crippen molar-refractivity contribution in [1.82, 2.24) is 5.32 Å². The van der Waals surface area contributed by atoms with E-state index in [2.05, 4.69) is 36.5 Å². The molecule has 0 saturated heterocycles. The predicted octanol–water partition coefficient (Wildman–Crippen LogP) is 2.60. The molecule has 0 aliphatic heterocycles. The number of hydrogen-bond donors (Lipinski definition) is 2. The summed E-state index contributed by atoms with van der Waals surface area (Å²) in [5.41, 5.74) is 7.45. The first-order valence-corrected chi connectivity index (χ1v) is 7.68. The number of nitrogens with two attached hydrogens (primary N) is 1. The number of carbonyl (C=O) groups is 1. The lowest BCUT2D eigenvalue weighted by Crippen LogP contribution is -2.51. The van der Waals surface area contributed by atoms with Gasteiger partial charge in [-0.2, -0.15) is 0 Å². The van der Waals surface area contributed by atoms with Crippen LogP contribution in [-0.2, 0) is 10.2 Å². The van der Waals surface area contributed by atoms with E-state index in [9.17, 15) is 4.79 Å². The molecule has 3 N–H and O–H groups in total. The topological polar surface area (TPSA) is 55.1 Å². The highest BCUT2D eigenvalue weighted by Gasteiger charge is 2.39. The summed E-state index contributed by atoms with van der Waals surface area (Å²) in [6, 6.07) is 10.1. The summed E-state index contributed by atoms with van der Waals surface area (Å²) in [7, 11) is 0. The number of hydrogen-bond acceptors (Lipinski definition) is 2. The van der Waals surface area contributed by atoms with Gasteiger partial charge in [-0.3, -0.25) is 4.79 Å². The van der Waals surface area contributed by atoms with Gasteiger partial charge in [0.25, 0.3) is 0 Å². The van der Waals surface area contributed by atoms with Gasteiger partial charge in [0.1, 0.15) is 0 Å². The van der Waals surface area contributed by atoms with Crippen LogP contribution >= 0.6 is 0 Å². The molecule has 1 aliphatic carbocycles. The van der Waals surface area contributed by atoms with Crippen LogP contribution < -0.4 is 11.1 Å². The summed E-state index contributed by atoms with van der Waals surface area (Å²) in [5, 5.41) is 3.07. The standard InChI is InChI=1S/C17H26N2O/c1-3-13(2)15(18)16(20)19-12-17(10-7-11-17)14-8-5-4-6-9-14/h4-6,8-9,13,15H,3,7,10-12,18H2,1-2H3,(H,19,20). The Bertz CT molecular complexity index is 440. The first-order chi connectivity index (χ1) is 9.59. The number of rotatable bonds is 6. The average Bonchev–Trinajstić information content (AvgIpc) is 2.45.